The Morgan fingerprint density at radius 2 is 1.76 bits per heavy atom. The SMILES string of the molecule is Cc1ccc(NC(=O)CN2C(=O)NC(C)(c3ccc(C(C)C)cc3)C2=O)c(C)c1. The Morgan fingerprint density at radius 3 is 2.34 bits per heavy atom. The summed E-state index contributed by atoms with van der Waals surface area (Å²) in [6, 6.07) is 12.7. The lowest BCUT2D eigenvalue weighted by Crippen LogP contribution is -2.42. The Hall–Kier alpha value is -3.15. The first-order chi connectivity index (χ1) is 13.6. The lowest BCUT2D eigenvalue weighted by Gasteiger charge is -2.23. The van der Waals surface area contributed by atoms with Gasteiger partial charge in [0.25, 0.3) is 5.91 Å². The molecule has 1 atom stereocenters. The van der Waals surface area contributed by atoms with E-state index < -0.39 is 23.4 Å². The molecule has 4 amide bonds. The van der Waals surface area contributed by atoms with Crippen LogP contribution in [-0.2, 0) is 15.1 Å². The first kappa shape index (κ1) is 20.6. The summed E-state index contributed by atoms with van der Waals surface area (Å²) in [6.07, 6.45) is 0. The van der Waals surface area contributed by atoms with E-state index in [1.54, 1.807) is 6.92 Å². The van der Waals surface area contributed by atoms with Gasteiger partial charge in [-0.25, -0.2) is 4.79 Å². The highest BCUT2D eigenvalue weighted by molar-refractivity contribution is 6.10. The van der Waals surface area contributed by atoms with Crippen LogP contribution >= 0.6 is 0 Å². The standard InChI is InChI=1S/C23H27N3O3/c1-14(2)17-7-9-18(10-8-17)23(5)21(28)26(22(29)25-23)13-20(27)24-19-11-6-15(3)12-16(19)4/h6-12,14H,13H2,1-5H3,(H,24,27)(H,25,29). The zero-order chi connectivity index (χ0) is 21.3. The van der Waals surface area contributed by atoms with Crippen molar-refractivity contribution >= 4 is 23.5 Å². The zero-order valence-electron chi connectivity index (χ0n) is 17.5. The van der Waals surface area contributed by atoms with Crippen LogP contribution in [0.2, 0.25) is 0 Å². The van der Waals surface area contributed by atoms with E-state index in [1.165, 1.54) is 0 Å². The van der Waals surface area contributed by atoms with Crippen molar-refractivity contribution in [2.45, 2.75) is 46.1 Å². The Morgan fingerprint density at radius 1 is 1.10 bits per heavy atom. The highest BCUT2D eigenvalue weighted by Crippen LogP contribution is 2.30. The fourth-order valence-corrected chi connectivity index (χ4v) is 3.52. The number of rotatable bonds is 5. The molecule has 0 bridgehead atoms. The third kappa shape index (κ3) is 4.01. The summed E-state index contributed by atoms with van der Waals surface area (Å²) in [5, 5.41) is 5.52. The summed E-state index contributed by atoms with van der Waals surface area (Å²) in [5.41, 5.74) is 3.34. The van der Waals surface area contributed by atoms with Gasteiger partial charge in [-0.2, -0.15) is 0 Å². The number of carbonyl (C=O) groups is 3. The maximum Gasteiger partial charge on any atom is 0.325 e. The van der Waals surface area contributed by atoms with Gasteiger partial charge in [0.2, 0.25) is 5.91 Å². The summed E-state index contributed by atoms with van der Waals surface area (Å²) in [5.74, 6) is -0.480. The van der Waals surface area contributed by atoms with E-state index >= 15 is 0 Å². The summed E-state index contributed by atoms with van der Waals surface area (Å²) in [6.45, 7) is 9.39. The largest absolute Gasteiger partial charge is 0.325 e. The van der Waals surface area contributed by atoms with Gasteiger partial charge in [-0.1, -0.05) is 55.8 Å². The van der Waals surface area contributed by atoms with Crippen LogP contribution in [0.3, 0.4) is 0 Å². The predicted octanol–water partition coefficient (Wildman–Crippen LogP) is 3.83. The summed E-state index contributed by atoms with van der Waals surface area (Å²) < 4.78 is 0. The number of amides is 4. The van der Waals surface area contributed by atoms with E-state index in [0.717, 1.165) is 21.6 Å². The molecule has 1 saturated heterocycles. The highest BCUT2D eigenvalue weighted by Gasteiger charge is 2.49. The molecule has 1 heterocycles. The van der Waals surface area contributed by atoms with E-state index in [4.69, 9.17) is 0 Å². The van der Waals surface area contributed by atoms with Crippen molar-refractivity contribution in [1.29, 1.82) is 0 Å². The van der Waals surface area contributed by atoms with Crippen molar-refractivity contribution in [2.75, 3.05) is 11.9 Å². The molecule has 0 saturated carbocycles. The van der Waals surface area contributed by atoms with Crippen LogP contribution in [0.25, 0.3) is 0 Å². The fraction of sp³-hybridized carbons (Fsp3) is 0.348. The van der Waals surface area contributed by atoms with Gasteiger partial charge in [-0.15, -0.1) is 0 Å². The molecule has 1 aliphatic heterocycles. The van der Waals surface area contributed by atoms with Crippen molar-refractivity contribution in [3.8, 4) is 0 Å². The molecule has 3 rings (SSSR count). The number of nitrogens with one attached hydrogen (secondary N) is 2. The summed E-state index contributed by atoms with van der Waals surface area (Å²) in [7, 11) is 0. The van der Waals surface area contributed by atoms with Crippen LogP contribution in [0, 0.1) is 13.8 Å². The van der Waals surface area contributed by atoms with Crippen LogP contribution in [0.15, 0.2) is 42.5 Å². The minimum Gasteiger partial charge on any atom is -0.324 e. The Labute approximate surface area is 171 Å². The maximum absolute atomic E-state index is 13.0. The summed E-state index contributed by atoms with van der Waals surface area (Å²) >= 11 is 0. The second-order valence-corrected chi connectivity index (χ2v) is 8.09. The number of nitrogens with zero attached hydrogens (tertiary/aromatic N) is 1. The molecule has 6 heteroatoms. The number of carbonyl (C=O) groups excluding carboxylic acids is 3. The molecule has 2 N–H and O–H groups in total. The average Bonchev–Trinajstić information content (AvgIpc) is 2.88. The van der Waals surface area contributed by atoms with E-state index in [2.05, 4.69) is 24.5 Å². The number of hydrogen-bond donors (Lipinski definition) is 2. The molecular formula is C23H27N3O3. The molecule has 2 aromatic carbocycles. The van der Waals surface area contributed by atoms with Crippen molar-refractivity contribution in [2.24, 2.45) is 0 Å². The molecule has 1 fully saturated rings. The minimum absolute atomic E-state index is 0.336. The molecule has 29 heavy (non-hydrogen) atoms. The number of anilines is 1. The first-order valence-electron chi connectivity index (χ1n) is 9.73. The van der Waals surface area contributed by atoms with Gasteiger partial charge in [0.05, 0.1) is 0 Å². The van der Waals surface area contributed by atoms with Gasteiger partial charge in [0.15, 0.2) is 0 Å². The van der Waals surface area contributed by atoms with E-state index in [9.17, 15) is 14.4 Å². The van der Waals surface area contributed by atoms with Gasteiger partial charge >= 0.3 is 6.03 Å². The second-order valence-electron chi connectivity index (χ2n) is 8.09. The minimum atomic E-state index is -1.19. The van der Waals surface area contributed by atoms with E-state index in [1.807, 2.05) is 56.3 Å². The Kier molecular flexibility index (Phi) is 5.46. The summed E-state index contributed by atoms with van der Waals surface area (Å²) in [4.78, 5) is 38.9. The van der Waals surface area contributed by atoms with Gasteiger partial charge in [-0.3, -0.25) is 14.5 Å². The number of benzene rings is 2. The van der Waals surface area contributed by atoms with Crippen molar-refractivity contribution < 1.29 is 14.4 Å². The van der Waals surface area contributed by atoms with E-state index in [-0.39, 0.29) is 6.54 Å². The number of hydrogen-bond acceptors (Lipinski definition) is 3. The molecule has 2 aromatic rings. The molecule has 1 aliphatic rings. The number of imide groups is 1. The van der Waals surface area contributed by atoms with Crippen LogP contribution in [0.4, 0.5) is 10.5 Å². The molecule has 0 radical (unpaired) electrons. The Bertz CT molecular complexity index is 966. The Balaban J connectivity index is 1.75. The molecular weight excluding hydrogens is 366 g/mol. The molecule has 0 spiro atoms. The second kappa shape index (κ2) is 7.70. The molecule has 1 unspecified atom stereocenters. The van der Waals surface area contributed by atoms with Crippen molar-refractivity contribution in [1.82, 2.24) is 10.2 Å². The van der Waals surface area contributed by atoms with Gasteiger partial charge in [-0.05, 0) is 49.4 Å². The third-order valence-corrected chi connectivity index (χ3v) is 5.39. The van der Waals surface area contributed by atoms with Crippen molar-refractivity contribution in [3.05, 3.63) is 64.7 Å². The van der Waals surface area contributed by atoms with Gasteiger partial charge in [0, 0.05) is 5.69 Å². The smallest absolute Gasteiger partial charge is 0.324 e. The highest BCUT2D eigenvalue weighted by atomic mass is 16.2. The first-order valence-corrected chi connectivity index (χ1v) is 9.73. The molecule has 6 nitrogen and oxygen atoms in total. The lowest BCUT2D eigenvalue weighted by molar-refractivity contribution is -0.133. The van der Waals surface area contributed by atoms with Crippen LogP contribution in [-0.4, -0.2) is 29.3 Å². The maximum atomic E-state index is 13.0. The quantitative estimate of drug-likeness (QED) is 0.758. The zero-order valence-corrected chi connectivity index (χ0v) is 17.5. The van der Waals surface area contributed by atoms with Gasteiger partial charge in [0.1, 0.15) is 12.1 Å². The fourth-order valence-electron chi connectivity index (χ4n) is 3.52. The predicted molar refractivity (Wildman–Crippen MR) is 113 cm³/mol. The monoisotopic (exact) mass is 393 g/mol. The average molecular weight is 393 g/mol. The lowest BCUT2D eigenvalue weighted by atomic mass is 9.90. The topological polar surface area (TPSA) is 78.5 Å². The molecule has 0 aliphatic carbocycles. The van der Waals surface area contributed by atoms with Gasteiger partial charge < -0.3 is 10.6 Å². The molecule has 152 valence electrons. The van der Waals surface area contributed by atoms with Crippen LogP contribution < -0.4 is 10.6 Å². The third-order valence-electron chi connectivity index (χ3n) is 5.39. The van der Waals surface area contributed by atoms with Crippen molar-refractivity contribution in [3.63, 3.8) is 0 Å². The number of aryl methyl sites for hydroxylation is 2. The normalized spacial score (nSPS) is 18.9. The van der Waals surface area contributed by atoms with Crippen LogP contribution in [0.5, 0.6) is 0 Å². The van der Waals surface area contributed by atoms with Crippen LogP contribution in [0.1, 0.15) is 48.9 Å². The van der Waals surface area contributed by atoms with E-state index in [0.29, 0.717) is 17.2 Å². The number of urea groups is 1. The molecule has 0 aromatic heterocycles.